The van der Waals surface area contributed by atoms with E-state index in [1.807, 2.05) is 6.92 Å². The zero-order valence-electron chi connectivity index (χ0n) is 14.3. The molecule has 0 aromatic heterocycles. The van der Waals surface area contributed by atoms with Crippen LogP contribution in [0, 0.1) is 23.6 Å². The number of carbonyl (C=O) groups is 2. The molecule has 0 bridgehead atoms. The SMILES string of the molecule is CC[C@@H]1CCCN(C(=O)c2cc(F)ccc2NC(=O)[C@@H]2C[C@@H]2C)C1. The molecule has 3 rings (SSSR count). The first kappa shape index (κ1) is 16.9. The van der Waals surface area contributed by atoms with Crippen LogP contribution >= 0.6 is 0 Å². The van der Waals surface area contributed by atoms with Gasteiger partial charge in [-0.1, -0.05) is 20.3 Å². The molecular formula is C19H25FN2O2. The summed E-state index contributed by atoms with van der Waals surface area (Å²) in [5.41, 5.74) is 0.678. The number of carbonyl (C=O) groups excluding carboxylic acids is 2. The molecule has 2 fully saturated rings. The van der Waals surface area contributed by atoms with Crippen LogP contribution in [0.2, 0.25) is 0 Å². The molecule has 130 valence electrons. The van der Waals surface area contributed by atoms with Crippen LogP contribution in [0.4, 0.5) is 10.1 Å². The molecule has 1 aromatic rings. The summed E-state index contributed by atoms with van der Waals surface area (Å²) in [6.45, 7) is 5.56. The molecule has 1 aliphatic heterocycles. The second-order valence-electron chi connectivity index (χ2n) is 7.17. The lowest BCUT2D eigenvalue weighted by molar-refractivity contribution is -0.117. The van der Waals surface area contributed by atoms with Gasteiger partial charge in [-0.15, -0.1) is 0 Å². The standard InChI is InChI=1S/C19H25FN2O2/c1-3-13-5-4-8-22(11-13)19(24)16-10-14(20)6-7-17(16)21-18(23)15-9-12(15)2/h6-7,10,12-13,15H,3-5,8-9,11H2,1-2H3,(H,21,23)/t12-,13+,15+/m0/s1. The predicted molar refractivity (Wildman–Crippen MR) is 91.2 cm³/mol. The minimum atomic E-state index is -0.458. The van der Waals surface area contributed by atoms with Gasteiger partial charge in [0.2, 0.25) is 5.91 Å². The van der Waals surface area contributed by atoms with Crippen molar-refractivity contribution in [2.75, 3.05) is 18.4 Å². The Labute approximate surface area is 142 Å². The summed E-state index contributed by atoms with van der Waals surface area (Å²) >= 11 is 0. The third kappa shape index (κ3) is 3.60. The topological polar surface area (TPSA) is 49.4 Å². The van der Waals surface area contributed by atoms with E-state index in [4.69, 9.17) is 0 Å². The number of rotatable bonds is 4. The highest BCUT2D eigenvalue weighted by molar-refractivity contribution is 6.04. The Balaban J connectivity index is 1.79. The lowest BCUT2D eigenvalue weighted by atomic mass is 9.95. The summed E-state index contributed by atoms with van der Waals surface area (Å²) in [5.74, 6) is 0.177. The third-order valence-electron chi connectivity index (χ3n) is 5.30. The highest BCUT2D eigenvalue weighted by atomic mass is 19.1. The van der Waals surface area contributed by atoms with Gasteiger partial charge in [-0.2, -0.15) is 0 Å². The normalized spacial score (nSPS) is 26.1. The number of nitrogens with one attached hydrogen (secondary N) is 1. The molecule has 24 heavy (non-hydrogen) atoms. The Hall–Kier alpha value is -1.91. The number of likely N-dealkylation sites (tertiary alicyclic amines) is 1. The van der Waals surface area contributed by atoms with Gasteiger partial charge in [0.25, 0.3) is 5.91 Å². The Morgan fingerprint density at radius 2 is 2.12 bits per heavy atom. The average Bonchev–Trinajstić information content (AvgIpc) is 3.32. The van der Waals surface area contributed by atoms with Crippen LogP contribution in [0.25, 0.3) is 0 Å². The van der Waals surface area contributed by atoms with Gasteiger partial charge in [-0.3, -0.25) is 9.59 Å². The molecule has 2 amide bonds. The van der Waals surface area contributed by atoms with E-state index in [1.165, 1.54) is 18.2 Å². The van der Waals surface area contributed by atoms with Crippen LogP contribution in [0.15, 0.2) is 18.2 Å². The van der Waals surface area contributed by atoms with Gasteiger partial charge >= 0.3 is 0 Å². The lowest BCUT2D eigenvalue weighted by Crippen LogP contribution is -2.40. The molecule has 0 radical (unpaired) electrons. The van der Waals surface area contributed by atoms with E-state index in [0.717, 1.165) is 25.7 Å². The van der Waals surface area contributed by atoms with Gasteiger partial charge in [-0.05, 0) is 49.3 Å². The highest BCUT2D eigenvalue weighted by Crippen LogP contribution is 2.38. The number of anilines is 1. The minimum Gasteiger partial charge on any atom is -0.338 e. The molecule has 1 aromatic carbocycles. The van der Waals surface area contributed by atoms with Gasteiger partial charge in [-0.25, -0.2) is 4.39 Å². The molecule has 0 spiro atoms. The van der Waals surface area contributed by atoms with Crippen molar-refractivity contribution in [3.05, 3.63) is 29.6 Å². The van der Waals surface area contributed by atoms with Crippen molar-refractivity contribution in [1.82, 2.24) is 4.90 Å². The number of nitrogens with zero attached hydrogens (tertiary/aromatic N) is 1. The Morgan fingerprint density at radius 3 is 2.79 bits per heavy atom. The smallest absolute Gasteiger partial charge is 0.256 e. The maximum Gasteiger partial charge on any atom is 0.256 e. The van der Waals surface area contributed by atoms with Crippen LogP contribution < -0.4 is 5.32 Å². The molecular weight excluding hydrogens is 307 g/mol. The predicted octanol–water partition coefficient (Wildman–Crippen LogP) is 3.68. The fourth-order valence-electron chi connectivity index (χ4n) is 3.47. The van der Waals surface area contributed by atoms with Crippen molar-refractivity contribution in [2.24, 2.45) is 17.8 Å². The number of hydrogen-bond acceptors (Lipinski definition) is 2. The molecule has 0 unspecified atom stereocenters. The van der Waals surface area contributed by atoms with Crippen molar-refractivity contribution in [1.29, 1.82) is 0 Å². The summed E-state index contributed by atoms with van der Waals surface area (Å²) < 4.78 is 13.7. The minimum absolute atomic E-state index is 0.0115. The van der Waals surface area contributed by atoms with E-state index in [-0.39, 0.29) is 23.3 Å². The van der Waals surface area contributed by atoms with Gasteiger partial charge in [0.15, 0.2) is 0 Å². The second-order valence-corrected chi connectivity index (χ2v) is 7.17. The first-order valence-corrected chi connectivity index (χ1v) is 8.89. The summed E-state index contributed by atoms with van der Waals surface area (Å²) in [4.78, 5) is 26.9. The molecule has 4 nitrogen and oxygen atoms in total. The van der Waals surface area contributed by atoms with Gasteiger partial charge in [0.1, 0.15) is 5.82 Å². The zero-order chi connectivity index (χ0) is 17.3. The summed E-state index contributed by atoms with van der Waals surface area (Å²) in [6, 6.07) is 4.02. The molecule has 2 aliphatic rings. The summed E-state index contributed by atoms with van der Waals surface area (Å²) in [5, 5.41) is 2.82. The fraction of sp³-hybridized carbons (Fsp3) is 0.579. The molecule has 1 N–H and O–H groups in total. The molecule has 1 saturated carbocycles. The quantitative estimate of drug-likeness (QED) is 0.914. The van der Waals surface area contributed by atoms with Crippen LogP contribution in [0.5, 0.6) is 0 Å². The number of amides is 2. The zero-order valence-corrected chi connectivity index (χ0v) is 14.3. The summed E-state index contributed by atoms with van der Waals surface area (Å²) in [7, 11) is 0. The van der Waals surface area contributed by atoms with Crippen molar-refractivity contribution in [2.45, 2.75) is 39.5 Å². The van der Waals surface area contributed by atoms with E-state index in [0.29, 0.717) is 30.6 Å². The molecule has 5 heteroatoms. The van der Waals surface area contributed by atoms with E-state index in [9.17, 15) is 14.0 Å². The summed E-state index contributed by atoms with van der Waals surface area (Å²) in [6.07, 6.45) is 4.02. The Kier molecular flexibility index (Phi) is 4.88. The number of hydrogen-bond donors (Lipinski definition) is 1. The Bertz CT molecular complexity index is 646. The first-order chi connectivity index (χ1) is 11.5. The number of benzene rings is 1. The monoisotopic (exact) mass is 332 g/mol. The van der Waals surface area contributed by atoms with Gasteiger partial charge in [0.05, 0.1) is 11.3 Å². The maximum atomic E-state index is 13.7. The van der Waals surface area contributed by atoms with E-state index in [2.05, 4.69) is 12.2 Å². The van der Waals surface area contributed by atoms with Gasteiger partial charge in [0, 0.05) is 19.0 Å². The highest BCUT2D eigenvalue weighted by Gasteiger charge is 2.39. The van der Waals surface area contributed by atoms with Crippen LogP contribution in [-0.2, 0) is 4.79 Å². The third-order valence-corrected chi connectivity index (χ3v) is 5.30. The maximum absolute atomic E-state index is 13.7. The van der Waals surface area contributed by atoms with E-state index in [1.54, 1.807) is 4.90 Å². The van der Waals surface area contributed by atoms with Crippen LogP contribution in [0.1, 0.15) is 49.9 Å². The van der Waals surface area contributed by atoms with Gasteiger partial charge < -0.3 is 10.2 Å². The fourth-order valence-corrected chi connectivity index (χ4v) is 3.47. The van der Waals surface area contributed by atoms with Crippen molar-refractivity contribution >= 4 is 17.5 Å². The number of halogens is 1. The number of piperidine rings is 1. The van der Waals surface area contributed by atoms with E-state index >= 15 is 0 Å². The average molecular weight is 332 g/mol. The van der Waals surface area contributed by atoms with Crippen LogP contribution in [-0.4, -0.2) is 29.8 Å². The Morgan fingerprint density at radius 1 is 1.38 bits per heavy atom. The van der Waals surface area contributed by atoms with Crippen molar-refractivity contribution in [3.8, 4) is 0 Å². The van der Waals surface area contributed by atoms with Crippen molar-refractivity contribution < 1.29 is 14.0 Å². The first-order valence-electron chi connectivity index (χ1n) is 8.89. The lowest BCUT2D eigenvalue weighted by Gasteiger charge is -2.32. The van der Waals surface area contributed by atoms with Crippen LogP contribution in [0.3, 0.4) is 0 Å². The van der Waals surface area contributed by atoms with E-state index < -0.39 is 5.82 Å². The largest absolute Gasteiger partial charge is 0.338 e. The van der Waals surface area contributed by atoms with Crippen molar-refractivity contribution in [3.63, 3.8) is 0 Å². The molecule has 3 atom stereocenters. The molecule has 1 aliphatic carbocycles. The molecule has 1 saturated heterocycles. The second kappa shape index (κ2) is 6.91. The molecule has 1 heterocycles.